The number of amides is 1. The molecule has 0 radical (unpaired) electrons. The maximum absolute atomic E-state index is 12.0. The highest BCUT2D eigenvalue weighted by atomic mass is 16.2. The van der Waals surface area contributed by atoms with Gasteiger partial charge < -0.3 is 4.90 Å². The summed E-state index contributed by atoms with van der Waals surface area (Å²) in [5.41, 5.74) is 1.22. The maximum atomic E-state index is 12.0. The maximum Gasteiger partial charge on any atom is 0.236 e. The number of unbranched alkanes of at least 4 members (excludes halogenated alkanes) is 1. The van der Waals surface area contributed by atoms with Crippen LogP contribution in [0.15, 0.2) is 24.5 Å². The quantitative estimate of drug-likeness (QED) is 0.718. The number of rotatable bonds is 8. The third-order valence-electron chi connectivity index (χ3n) is 3.21. The van der Waals surface area contributed by atoms with E-state index in [1.807, 2.05) is 31.1 Å². The van der Waals surface area contributed by atoms with Crippen molar-refractivity contribution in [2.24, 2.45) is 0 Å². The van der Waals surface area contributed by atoms with Crippen molar-refractivity contribution in [1.29, 1.82) is 0 Å². The van der Waals surface area contributed by atoms with Crippen molar-refractivity contribution in [3.05, 3.63) is 30.1 Å². The van der Waals surface area contributed by atoms with Gasteiger partial charge in [0.25, 0.3) is 0 Å². The fraction of sp³-hybridized carbons (Fsp3) is 0.600. The molecule has 1 aromatic heterocycles. The Hall–Kier alpha value is -1.42. The molecular formula is C15H25N3O. The molecule has 0 aliphatic rings. The summed E-state index contributed by atoms with van der Waals surface area (Å²) >= 11 is 0. The Morgan fingerprint density at radius 3 is 2.53 bits per heavy atom. The second kappa shape index (κ2) is 8.64. The fourth-order valence-electron chi connectivity index (χ4n) is 1.83. The zero-order valence-corrected chi connectivity index (χ0v) is 12.3. The summed E-state index contributed by atoms with van der Waals surface area (Å²) in [5, 5.41) is 0. The lowest BCUT2D eigenvalue weighted by Gasteiger charge is -2.21. The van der Waals surface area contributed by atoms with E-state index < -0.39 is 0 Å². The second-order valence-corrected chi connectivity index (χ2v) is 5.01. The lowest BCUT2D eigenvalue weighted by Crippen LogP contribution is -2.37. The van der Waals surface area contributed by atoms with Gasteiger partial charge in [-0.25, -0.2) is 0 Å². The topological polar surface area (TPSA) is 36.4 Å². The van der Waals surface area contributed by atoms with E-state index in [1.165, 1.54) is 5.56 Å². The van der Waals surface area contributed by atoms with Crippen molar-refractivity contribution in [2.45, 2.75) is 26.2 Å². The minimum atomic E-state index is 0.188. The molecule has 0 spiro atoms. The van der Waals surface area contributed by atoms with Crippen molar-refractivity contribution in [3.8, 4) is 0 Å². The molecule has 0 bridgehead atoms. The summed E-state index contributed by atoms with van der Waals surface area (Å²) in [7, 11) is 3.88. The third kappa shape index (κ3) is 6.34. The number of carbonyl (C=O) groups is 1. The fourth-order valence-corrected chi connectivity index (χ4v) is 1.83. The van der Waals surface area contributed by atoms with Crippen molar-refractivity contribution in [1.82, 2.24) is 14.8 Å². The predicted molar refractivity (Wildman–Crippen MR) is 78.0 cm³/mol. The van der Waals surface area contributed by atoms with E-state index in [-0.39, 0.29) is 5.91 Å². The predicted octanol–water partition coefficient (Wildman–Crippen LogP) is 1.81. The lowest BCUT2D eigenvalue weighted by atomic mass is 10.2. The molecule has 106 valence electrons. The van der Waals surface area contributed by atoms with E-state index in [2.05, 4.69) is 16.8 Å². The first-order valence-corrected chi connectivity index (χ1v) is 6.95. The van der Waals surface area contributed by atoms with Gasteiger partial charge in [0, 0.05) is 26.0 Å². The molecule has 0 saturated carbocycles. The molecule has 0 atom stereocenters. The van der Waals surface area contributed by atoms with E-state index in [0.29, 0.717) is 6.54 Å². The highest BCUT2D eigenvalue weighted by Crippen LogP contribution is 2.00. The van der Waals surface area contributed by atoms with Gasteiger partial charge >= 0.3 is 0 Å². The van der Waals surface area contributed by atoms with Crippen LogP contribution in [-0.4, -0.2) is 54.4 Å². The van der Waals surface area contributed by atoms with Crippen LogP contribution in [0.25, 0.3) is 0 Å². The molecule has 4 heteroatoms. The first-order valence-electron chi connectivity index (χ1n) is 6.95. The number of aromatic nitrogens is 1. The average Bonchev–Trinajstić information content (AvgIpc) is 2.43. The Kier molecular flexibility index (Phi) is 7.11. The lowest BCUT2D eigenvalue weighted by molar-refractivity contribution is -0.130. The zero-order chi connectivity index (χ0) is 14.1. The minimum Gasteiger partial charge on any atom is -0.344 e. The van der Waals surface area contributed by atoms with Crippen molar-refractivity contribution < 1.29 is 4.79 Å². The van der Waals surface area contributed by atoms with Crippen LogP contribution in [0.5, 0.6) is 0 Å². The molecule has 0 aliphatic heterocycles. The summed E-state index contributed by atoms with van der Waals surface area (Å²) in [4.78, 5) is 19.9. The van der Waals surface area contributed by atoms with Crippen LogP contribution < -0.4 is 0 Å². The van der Waals surface area contributed by atoms with E-state index in [0.717, 1.165) is 32.4 Å². The summed E-state index contributed by atoms with van der Waals surface area (Å²) < 4.78 is 0. The largest absolute Gasteiger partial charge is 0.344 e. The molecule has 0 N–H and O–H groups in total. The molecule has 0 fully saturated rings. The molecule has 4 nitrogen and oxygen atoms in total. The van der Waals surface area contributed by atoms with Gasteiger partial charge in [0.1, 0.15) is 0 Å². The van der Waals surface area contributed by atoms with Gasteiger partial charge in [0.15, 0.2) is 0 Å². The normalized spacial score (nSPS) is 10.7. The molecule has 1 aromatic rings. The number of likely N-dealkylation sites (N-methyl/N-ethyl adjacent to an activating group) is 2. The van der Waals surface area contributed by atoms with Crippen molar-refractivity contribution in [2.75, 3.05) is 33.7 Å². The first-order chi connectivity index (χ1) is 9.13. The third-order valence-corrected chi connectivity index (χ3v) is 3.21. The molecule has 0 aliphatic carbocycles. The van der Waals surface area contributed by atoms with Gasteiger partial charge in [0.2, 0.25) is 5.91 Å². The smallest absolute Gasteiger partial charge is 0.236 e. The number of pyridine rings is 1. The summed E-state index contributed by atoms with van der Waals surface area (Å²) in [6, 6.07) is 3.98. The van der Waals surface area contributed by atoms with Crippen LogP contribution in [0.4, 0.5) is 0 Å². The molecule has 0 saturated heterocycles. The SMILES string of the molecule is CCCCN(C)CC(=O)N(C)CCc1ccncc1. The van der Waals surface area contributed by atoms with Crippen LogP contribution in [-0.2, 0) is 11.2 Å². The Balaban J connectivity index is 2.28. The number of nitrogens with zero attached hydrogens (tertiary/aromatic N) is 3. The molecule has 19 heavy (non-hydrogen) atoms. The van der Waals surface area contributed by atoms with E-state index in [1.54, 1.807) is 12.4 Å². The second-order valence-electron chi connectivity index (χ2n) is 5.01. The highest BCUT2D eigenvalue weighted by molar-refractivity contribution is 5.77. The van der Waals surface area contributed by atoms with Crippen LogP contribution in [0.2, 0.25) is 0 Å². The molecule has 1 rings (SSSR count). The molecular weight excluding hydrogens is 238 g/mol. The minimum absolute atomic E-state index is 0.188. The van der Waals surface area contributed by atoms with Gasteiger partial charge in [-0.15, -0.1) is 0 Å². The first kappa shape index (κ1) is 15.6. The van der Waals surface area contributed by atoms with Gasteiger partial charge in [-0.3, -0.25) is 14.7 Å². The standard InChI is InChI=1S/C15H25N3O/c1-4-5-11-17(2)13-15(19)18(3)12-8-14-6-9-16-10-7-14/h6-7,9-10H,4-5,8,11-13H2,1-3H3. The van der Waals surface area contributed by atoms with Crippen LogP contribution in [0.1, 0.15) is 25.3 Å². The molecule has 0 unspecified atom stereocenters. The average molecular weight is 263 g/mol. The van der Waals surface area contributed by atoms with Gasteiger partial charge in [-0.2, -0.15) is 0 Å². The van der Waals surface area contributed by atoms with Crippen molar-refractivity contribution >= 4 is 5.91 Å². The Morgan fingerprint density at radius 2 is 1.89 bits per heavy atom. The Bertz CT molecular complexity index is 367. The summed E-state index contributed by atoms with van der Waals surface area (Å²) in [6.45, 7) is 4.41. The molecule has 1 amide bonds. The Morgan fingerprint density at radius 1 is 1.21 bits per heavy atom. The van der Waals surface area contributed by atoms with Crippen molar-refractivity contribution in [3.63, 3.8) is 0 Å². The van der Waals surface area contributed by atoms with Gasteiger partial charge in [0.05, 0.1) is 6.54 Å². The Labute approximate surface area is 116 Å². The zero-order valence-electron chi connectivity index (χ0n) is 12.3. The van der Waals surface area contributed by atoms with Crippen LogP contribution in [0.3, 0.4) is 0 Å². The molecule has 1 heterocycles. The van der Waals surface area contributed by atoms with E-state index >= 15 is 0 Å². The number of hydrogen-bond acceptors (Lipinski definition) is 3. The summed E-state index contributed by atoms with van der Waals surface area (Å²) in [6.07, 6.45) is 6.76. The van der Waals surface area contributed by atoms with Gasteiger partial charge in [-0.05, 0) is 44.1 Å². The van der Waals surface area contributed by atoms with E-state index in [4.69, 9.17) is 0 Å². The van der Waals surface area contributed by atoms with Crippen LogP contribution >= 0.6 is 0 Å². The highest BCUT2D eigenvalue weighted by Gasteiger charge is 2.11. The molecule has 0 aromatic carbocycles. The monoisotopic (exact) mass is 263 g/mol. The number of carbonyl (C=O) groups excluding carboxylic acids is 1. The summed E-state index contributed by atoms with van der Waals surface area (Å²) in [5.74, 6) is 0.188. The van der Waals surface area contributed by atoms with E-state index in [9.17, 15) is 4.79 Å². The van der Waals surface area contributed by atoms with Gasteiger partial charge in [-0.1, -0.05) is 13.3 Å². The number of hydrogen-bond donors (Lipinski definition) is 0. The van der Waals surface area contributed by atoms with Crippen LogP contribution in [0, 0.1) is 0 Å².